The number of aliphatic hydroxyl groups is 4. The van der Waals surface area contributed by atoms with Gasteiger partial charge in [-0.1, -0.05) is 42.1 Å². The van der Waals surface area contributed by atoms with E-state index in [4.69, 9.17) is 4.74 Å². The largest absolute Gasteiger partial charge is 0.394 e. The van der Waals surface area contributed by atoms with Crippen molar-refractivity contribution in [2.75, 3.05) is 6.61 Å². The molecule has 0 unspecified atom stereocenters. The fraction of sp³-hybridized carbons (Fsp3) is 0.350. The molecule has 1 aliphatic rings. The SMILES string of the molecule is Cc1c(C(=O)c2ccccc2)cnc(S[C@@H]2O[C@H](CO)[C@H](O)[C@H](O)[C@H]2O)c1C#N. The third kappa shape index (κ3) is 4.18. The maximum Gasteiger partial charge on any atom is 0.194 e. The summed E-state index contributed by atoms with van der Waals surface area (Å²) in [4.78, 5) is 16.9. The second kappa shape index (κ2) is 9.00. The average Bonchev–Trinajstić information content (AvgIpc) is 2.74. The molecule has 3 rings (SSSR count). The summed E-state index contributed by atoms with van der Waals surface area (Å²) in [7, 11) is 0. The van der Waals surface area contributed by atoms with Gasteiger partial charge >= 0.3 is 0 Å². The van der Waals surface area contributed by atoms with E-state index in [-0.39, 0.29) is 21.9 Å². The van der Waals surface area contributed by atoms with E-state index in [0.29, 0.717) is 11.1 Å². The molecule has 1 aromatic carbocycles. The minimum absolute atomic E-state index is 0.147. The monoisotopic (exact) mass is 416 g/mol. The average molecular weight is 416 g/mol. The van der Waals surface area contributed by atoms with Crippen molar-refractivity contribution in [3.63, 3.8) is 0 Å². The van der Waals surface area contributed by atoms with Gasteiger partial charge in [-0.3, -0.25) is 4.79 Å². The zero-order valence-corrected chi connectivity index (χ0v) is 16.3. The van der Waals surface area contributed by atoms with Gasteiger partial charge in [0.05, 0.1) is 12.2 Å². The highest BCUT2D eigenvalue weighted by molar-refractivity contribution is 7.99. The summed E-state index contributed by atoms with van der Waals surface area (Å²) in [6.07, 6.45) is -4.15. The Bertz CT molecular complexity index is 931. The van der Waals surface area contributed by atoms with Gasteiger partial charge in [-0.15, -0.1) is 0 Å². The molecule has 4 N–H and O–H groups in total. The van der Waals surface area contributed by atoms with E-state index in [1.807, 2.05) is 6.07 Å². The van der Waals surface area contributed by atoms with Gasteiger partial charge < -0.3 is 25.2 Å². The molecule has 0 saturated carbocycles. The molecule has 29 heavy (non-hydrogen) atoms. The topological polar surface area (TPSA) is 144 Å². The second-order valence-electron chi connectivity index (χ2n) is 6.60. The van der Waals surface area contributed by atoms with Crippen molar-refractivity contribution < 1.29 is 30.0 Å². The first kappa shape index (κ1) is 21.4. The molecule has 0 bridgehead atoms. The quantitative estimate of drug-likeness (QED) is 0.509. The molecule has 1 aliphatic heterocycles. The molecule has 2 aromatic rings. The van der Waals surface area contributed by atoms with Gasteiger partial charge in [0.1, 0.15) is 40.9 Å². The Morgan fingerprint density at radius 3 is 2.52 bits per heavy atom. The molecule has 1 fully saturated rings. The van der Waals surface area contributed by atoms with Gasteiger partial charge in [0.15, 0.2) is 5.78 Å². The van der Waals surface area contributed by atoms with E-state index < -0.39 is 36.5 Å². The summed E-state index contributed by atoms with van der Waals surface area (Å²) in [5.74, 6) is -0.267. The van der Waals surface area contributed by atoms with Crippen molar-refractivity contribution in [3.05, 3.63) is 58.8 Å². The Balaban J connectivity index is 1.90. The van der Waals surface area contributed by atoms with Crippen LogP contribution in [0.15, 0.2) is 41.6 Å². The van der Waals surface area contributed by atoms with Crippen LogP contribution in [0.1, 0.15) is 27.0 Å². The molecule has 8 nitrogen and oxygen atoms in total. The normalized spacial score (nSPS) is 26.7. The maximum absolute atomic E-state index is 12.7. The molecule has 0 radical (unpaired) electrons. The minimum Gasteiger partial charge on any atom is -0.394 e. The molecule has 0 spiro atoms. The lowest BCUT2D eigenvalue weighted by Gasteiger charge is -2.39. The number of nitrogens with zero attached hydrogens (tertiary/aromatic N) is 2. The zero-order chi connectivity index (χ0) is 21.1. The highest BCUT2D eigenvalue weighted by atomic mass is 32.2. The van der Waals surface area contributed by atoms with Crippen LogP contribution in [0, 0.1) is 18.3 Å². The predicted molar refractivity (Wildman–Crippen MR) is 103 cm³/mol. The predicted octanol–water partition coefficient (Wildman–Crippen LogP) is 0.385. The smallest absolute Gasteiger partial charge is 0.194 e. The van der Waals surface area contributed by atoms with Gasteiger partial charge in [-0.2, -0.15) is 5.26 Å². The molecular formula is C20H20N2O6S. The van der Waals surface area contributed by atoms with E-state index in [9.17, 15) is 30.5 Å². The second-order valence-corrected chi connectivity index (χ2v) is 7.69. The number of thioether (sulfide) groups is 1. The zero-order valence-electron chi connectivity index (χ0n) is 15.5. The number of hydrogen-bond donors (Lipinski definition) is 4. The molecular weight excluding hydrogens is 396 g/mol. The fourth-order valence-electron chi connectivity index (χ4n) is 3.05. The number of ketones is 1. The first-order valence-corrected chi connectivity index (χ1v) is 9.73. The van der Waals surface area contributed by atoms with Crippen LogP contribution in [0.25, 0.3) is 0 Å². The van der Waals surface area contributed by atoms with Crippen molar-refractivity contribution >= 4 is 17.5 Å². The van der Waals surface area contributed by atoms with E-state index >= 15 is 0 Å². The standard InChI is InChI=1S/C20H20N2O6S/c1-10-12(7-21)19(22-8-13(10)15(24)11-5-3-2-4-6-11)29-20-18(27)17(26)16(25)14(9-23)28-20/h2-6,8,14,16-18,20,23,25-27H,9H2,1H3/t14-,16+,17+,18-,20+/m1/s1. The Morgan fingerprint density at radius 2 is 1.90 bits per heavy atom. The number of carbonyl (C=O) groups is 1. The van der Waals surface area contributed by atoms with Crippen molar-refractivity contribution in [3.8, 4) is 6.07 Å². The maximum atomic E-state index is 12.7. The molecule has 9 heteroatoms. The Morgan fingerprint density at radius 1 is 1.21 bits per heavy atom. The lowest BCUT2D eigenvalue weighted by atomic mass is 9.98. The van der Waals surface area contributed by atoms with Crippen LogP contribution in [0.3, 0.4) is 0 Å². The van der Waals surface area contributed by atoms with Gasteiger partial charge in [0, 0.05) is 17.3 Å². The Hall–Kier alpha value is -2.32. The van der Waals surface area contributed by atoms with E-state index in [1.165, 1.54) is 6.20 Å². The van der Waals surface area contributed by atoms with Crippen molar-refractivity contribution in [2.24, 2.45) is 0 Å². The number of ether oxygens (including phenoxy) is 1. The van der Waals surface area contributed by atoms with Crippen molar-refractivity contribution in [1.82, 2.24) is 4.98 Å². The van der Waals surface area contributed by atoms with E-state index in [2.05, 4.69) is 4.98 Å². The summed E-state index contributed by atoms with van der Waals surface area (Å²) < 4.78 is 5.46. The Labute approximate surface area is 171 Å². The number of benzene rings is 1. The van der Waals surface area contributed by atoms with Crippen molar-refractivity contribution in [2.45, 2.75) is 41.8 Å². The Kier molecular flexibility index (Phi) is 6.64. The lowest BCUT2D eigenvalue weighted by molar-refractivity contribution is -0.205. The molecule has 0 amide bonds. The number of nitriles is 1. The first-order chi connectivity index (χ1) is 13.9. The van der Waals surface area contributed by atoms with Crippen LogP contribution in [0.2, 0.25) is 0 Å². The number of aromatic nitrogens is 1. The van der Waals surface area contributed by atoms with Crippen LogP contribution < -0.4 is 0 Å². The van der Waals surface area contributed by atoms with Gasteiger partial charge in [0.25, 0.3) is 0 Å². The minimum atomic E-state index is -1.52. The molecule has 1 aromatic heterocycles. The number of rotatable bonds is 5. The molecule has 0 aliphatic carbocycles. The van der Waals surface area contributed by atoms with Gasteiger partial charge in [-0.05, 0) is 12.5 Å². The van der Waals surface area contributed by atoms with Crippen LogP contribution in [-0.2, 0) is 4.74 Å². The van der Waals surface area contributed by atoms with Crippen LogP contribution in [-0.4, -0.2) is 67.7 Å². The number of hydrogen-bond acceptors (Lipinski definition) is 9. The van der Waals surface area contributed by atoms with Gasteiger partial charge in [-0.25, -0.2) is 4.98 Å². The molecule has 2 heterocycles. The van der Waals surface area contributed by atoms with E-state index in [1.54, 1.807) is 37.3 Å². The highest BCUT2D eigenvalue weighted by Gasteiger charge is 2.44. The van der Waals surface area contributed by atoms with E-state index in [0.717, 1.165) is 11.8 Å². The molecule has 152 valence electrons. The third-order valence-corrected chi connectivity index (χ3v) is 5.93. The summed E-state index contributed by atoms with van der Waals surface area (Å²) in [5, 5.41) is 49.2. The lowest BCUT2D eigenvalue weighted by Crippen LogP contribution is -2.57. The summed E-state index contributed by atoms with van der Waals surface area (Å²) >= 11 is 0.880. The van der Waals surface area contributed by atoms with Crippen LogP contribution in [0.5, 0.6) is 0 Å². The first-order valence-electron chi connectivity index (χ1n) is 8.85. The molecule has 5 atom stereocenters. The highest BCUT2D eigenvalue weighted by Crippen LogP contribution is 2.35. The van der Waals surface area contributed by atoms with Crippen LogP contribution >= 0.6 is 11.8 Å². The van der Waals surface area contributed by atoms with Crippen molar-refractivity contribution in [1.29, 1.82) is 5.26 Å². The van der Waals surface area contributed by atoms with Gasteiger partial charge in [0.2, 0.25) is 0 Å². The van der Waals surface area contributed by atoms with Crippen LogP contribution in [0.4, 0.5) is 0 Å². The summed E-state index contributed by atoms with van der Waals surface area (Å²) in [6.45, 7) is 1.08. The number of pyridine rings is 1. The fourth-order valence-corrected chi connectivity index (χ4v) is 4.20. The number of carbonyl (C=O) groups excluding carboxylic acids is 1. The third-order valence-electron chi connectivity index (χ3n) is 4.77. The summed E-state index contributed by atoms with van der Waals surface area (Å²) in [6, 6.07) is 10.6. The molecule has 1 saturated heterocycles. The number of aliphatic hydroxyl groups excluding tert-OH is 4. The summed E-state index contributed by atoms with van der Waals surface area (Å²) in [5.41, 5.74) is 0.263.